The third kappa shape index (κ3) is 2.27. The number of nitro benzene ring substituents is 1. The highest BCUT2D eigenvalue weighted by Crippen LogP contribution is 2.53. The van der Waals surface area contributed by atoms with E-state index in [2.05, 4.69) is 0 Å². The van der Waals surface area contributed by atoms with Gasteiger partial charge < -0.3 is 0 Å². The zero-order valence-electron chi connectivity index (χ0n) is 9.45. The largest absolute Gasteiger partial charge is 0.305 e. The van der Waals surface area contributed by atoms with Crippen LogP contribution in [0.1, 0.15) is 25.3 Å². The number of hydrogen-bond donors (Lipinski definition) is 0. The Bertz CT molecular complexity index is 458. The van der Waals surface area contributed by atoms with Crippen molar-refractivity contribution in [1.29, 1.82) is 0 Å². The maximum Gasteiger partial charge on any atom is 0.305 e. The van der Waals surface area contributed by atoms with Crippen LogP contribution in [-0.2, 0) is 6.42 Å². The second kappa shape index (κ2) is 4.26. The van der Waals surface area contributed by atoms with Gasteiger partial charge in [-0.25, -0.2) is 0 Å². The molecule has 0 bridgehead atoms. The molecule has 1 aromatic rings. The lowest BCUT2D eigenvalue weighted by Crippen LogP contribution is -2.16. The number of halogens is 2. The monoisotopic (exact) mass is 257 g/mol. The molecule has 92 valence electrons. The molecule has 0 aromatic heterocycles. The number of hydrogen-bond acceptors (Lipinski definition) is 2. The molecular formula is C12H13ClFNO2. The maximum absolute atomic E-state index is 13.9. The van der Waals surface area contributed by atoms with Crippen LogP contribution >= 0.6 is 11.6 Å². The topological polar surface area (TPSA) is 43.1 Å². The molecule has 3 nitrogen and oxygen atoms in total. The predicted octanol–water partition coefficient (Wildman–Crippen LogP) is 3.68. The molecule has 2 rings (SSSR count). The van der Waals surface area contributed by atoms with Gasteiger partial charge in [0.15, 0.2) is 0 Å². The molecule has 1 saturated carbocycles. The lowest BCUT2D eigenvalue weighted by atomic mass is 9.93. The average molecular weight is 258 g/mol. The SMILES string of the molecule is CC(Cl)C1(Cc2cccc([N+](=O)[O-])c2F)CC1. The minimum atomic E-state index is -0.721. The molecule has 0 radical (unpaired) electrons. The quantitative estimate of drug-likeness (QED) is 0.469. The Kier molecular flexibility index (Phi) is 3.08. The standard InChI is InChI=1S/C12H13ClFNO2/c1-8(13)12(5-6-12)7-9-3-2-4-10(11(9)14)15(16)17/h2-4,8H,5-7H2,1H3. The summed E-state index contributed by atoms with van der Waals surface area (Å²) in [7, 11) is 0. The maximum atomic E-state index is 13.9. The number of rotatable bonds is 4. The van der Waals surface area contributed by atoms with Gasteiger partial charge in [0.25, 0.3) is 0 Å². The Hall–Kier alpha value is -1.16. The molecule has 17 heavy (non-hydrogen) atoms. The fourth-order valence-electron chi connectivity index (χ4n) is 2.10. The molecular weight excluding hydrogens is 245 g/mol. The van der Waals surface area contributed by atoms with Crippen molar-refractivity contribution in [3.63, 3.8) is 0 Å². The highest BCUT2D eigenvalue weighted by atomic mass is 35.5. The number of alkyl halides is 1. The van der Waals surface area contributed by atoms with Crippen molar-refractivity contribution in [2.75, 3.05) is 0 Å². The van der Waals surface area contributed by atoms with Gasteiger partial charge in [-0.15, -0.1) is 11.6 Å². The summed E-state index contributed by atoms with van der Waals surface area (Å²) in [6.07, 6.45) is 2.39. The normalized spacial score (nSPS) is 18.8. The van der Waals surface area contributed by atoms with Crippen molar-refractivity contribution in [2.24, 2.45) is 5.41 Å². The first-order valence-electron chi connectivity index (χ1n) is 5.52. The van der Waals surface area contributed by atoms with Crippen molar-refractivity contribution in [3.05, 3.63) is 39.7 Å². The number of benzene rings is 1. The van der Waals surface area contributed by atoms with E-state index in [4.69, 9.17) is 11.6 Å². The Balaban J connectivity index is 2.28. The first kappa shape index (κ1) is 12.3. The molecule has 0 amide bonds. The van der Waals surface area contributed by atoms with Crippen LogP contribution in [0.15, 0.2) is 18.2 Å². The van der Waals surface area contributed by atoms with Crippen LogP contribution in [0.2, 0.25) is 0 Å². The molecule has 1 fully saturated rings. The van der Waals surface area contributed by atoms with E-state index in [1.165, 1.54) is 12.1 Å². The highest BCUT2D eigenvalue weighted by molar-refractivity contribution is 6.21. The summed E-state index contributed by atoms with van der Waals surface area (Å²) in [5.74, 6) is -0.721. The Labute approximate surface area is 104 Å². The third-order valence-electron chi connectivity index (χ3n) is 3.53. The smallest absolute Gasteiger partial charge is 0.258 e. The fourth-order valence-corrected chi connectivity index (χ4v) is 2.39. The fraction of sp³-hybridized carbons (Fsp3) is 0.500. The van der Waals surface area contributed by atoms with E-state index in [1.54, 1.807) is 6.07 Å². The Morgan fingerprint density at radius 3 is 2.71 bits per heavy atom. The molecule has 1 aromatic carbocycles. The minimum absolute atomic E-state index is 0.0406. The molecule has 1 atom stereocenters. The molecule has 0 saturated heterocycles. The van der Waals surface area contributed by atoms with Gasteiger partial charge in [-0.1, -0.05) is 12.1 Å². The second-order valence-corrected chi connectivity index (χ2v) is 5.32. The van der Waals surface area contributed by atoms with Crippen molar-refractivity contribution in [3.8, 4) is 0 Å². The van der Waals surface area contributed by atoms with E-state index < -0.39 is 16.4 Å². The van der Waals surface area contributed by atoms with Crippen LogP contribution in [0.3, 0.4) is 0 Å². The van der Waals surface area contributed by atoms with Crippen LogP contribution in [0.4, 0.5) is 10.1 Å². The summed E-state index contributed by atoms with van der Waals surface area (Å²) in [5, 5.41) is 10.6. The molecule has 0 aliphatic heterocycles. The molecule has 1 unspecified atom stereocenters. The molecule has 1 aliphatic carbocycles. The molecule has 0 spiro atoms. The Morgan fingerprint density at radius 1 is 1.59 bits per heavy atom. The molecule has 5 heteroatoms. The molecule has 0 N–H and O–H groups in total. The summed E-state index contributed by atoms with van der Waals surface area (Å²) in [5.41, 5.74) is -0.137. The third-order valence-corrected chi connectivity index (χ3v) is 4.00. The van der Waals surface area contributed by atoms with Crippen molar-refractivity contribution >= 4 is 17.3 Å². The lowest BCUT2D eigenvalue weighted by Gasteiger charge is -2.17. The van der Waals surface area contributed by atoms with Crippen molar-refractivity contribution < 1.29 is 9.31 Å². The summed E-state index contributed by atoms with van der Waals surface area (Å²) in [4.78, 5) is 9.94. The van der Waals surface area contributed by atoms with E-state index in [0.29, 0.717) is 12.0 Å². The van der Waals surface area contributed by atoms with Crippen LogP contribution in [0.25, 0.3) is 0 Å². The van der Waals surface area contributed by atoms with Crippen LogP contribution in [0, 0.1) is 21.3 Å². The van der Waals surface area contributed by atoms with Gasteiger partial charge >= 0.3 is 5.69 Å². The van der Waals surface area contributed by atoms with Gasteiger partial charge in [0.1, 0.15) is 0 Å². The van der Waals surface area contributed by atoms with Gasteiger partial charge in [0.05, 0.1) is 4.92 Å². The molecule has 0 heterocycles. The Morgan fingerprint density at radius 2 is 2.24 bits per heavy atom. The highest BCUT2D eigenvalue weighted by Gasteiger charge is 2.47. The minimum Gasteiger partial charge on any atom is -0.258 e. The van der Waals surface area contributed by atoms with Gasteiger partial charge in [0, 0.05) is 11.4 Å². The van der Waals surface area contributed by atoms with E-state index in [0.717, 1.165) is 12.8 Å². The second-order valence-electron chi connectivity index (χ2n) is 4.66. The van der Waals surface area contributed by atoms with Gasteiger partial charge in [0.2, 0.25) is 5.82 Å². The van der Waals surface area contributed by atoms with E-state index >= 15 is 0 Å². The van der Waals surface area contributed by atoms with E-state index in [1.807, 2.05) is 6.92 Å². The van der Waals surface area contributed by atoms with Crippen LogP contribution < -0.4 is 0 Å². The van der Waals surface area contributed by atoms with Crippen molar-refractivity contribution in [1.82, 2.24) is 0 Å². The average Bonchev–Trinajstić information content (AvgIpc) is 3.02. The first-order valence-corrected chi connectivity index (χ1v) is 5.96. The number of nitro groups is 1. The lowest BCUT2D eigenvalue weighted by molar-refractivity contribution is -0.387. The van der Waals surface area contributed by atoms with Gasteiger partial charge in [-0.05, 0) is 37.2 Å². The van der Waals surface area contributed by atoms with E-state index in [9.17, 15) is 14.5 Å². The van der Waals surface area contributed by atoms with Crippen LogP contribution in [0.5, 0.6) is 0 Å². The summed E-state index contributed by atoms with van der Waals surface area (Å²) in [6.45, 7) is 1.89. The number of nitrogens with zero attached hydrogens (tertiary/aromatic N) is 1. The van der Waals surface area contributed by atoms with Gasteiger partial charge in [-0.2, -0.15) is 4.39 Å². The summed E-state index contributed by atoms with van der Waals surface area (Å²) < 4.78 is 13.9. The van der Waals surface area contributed by atoms with Crippen molar-refractivity contribution in [2.45, 2.75) is 31.6 Å². The molecule has 1 aliphatic rings. The first-order chi connectivity index (χ1) is 7.96. The van der Waals surface area contributed by atoms with Crippen LogP contribution in [-0.4, -0.2) is 10.3 Å². The van der Waals surface area contributed by atoms with E-state index in [-0.39, 0.29) is 10.8 Å². The summed E-state index contributed by atoms with van der Waals surface area (Å²) in [6, 6.07) is 4.30. The predicted molar refractivity (Wildman–Crippen MR) is 63.7 cm³/mol. The summed E-state index contributed by atoms with van der Waals surface area (Å²) >= 11 is 6.08. The zero-order valence-corrected chi connectivity index (χ0v) is 10.2. The zero-order chi connectivity index (χ0) is 12.6. The van der Waals surface area contributed by atoms with Gasteiger partial charge in [-0.3, -0.25) is 10.1 Å².